The van der Waals surface area contributed by atoms with Gasteiger partial charge in [-0.3, -0.25) is 0 Å². The summed E-state index contributed by atoms with van der Waals surface area (Å²) in [4.78, 5) is 24.9. The van der Waals surface area contributed by atoms with Crippen LogP contribution in [0.2, 0.25) is 0 Å². The molecule has 0 amide bonds. The van der Waals surface area contributed by atoms with Crippen molar-refractivity contribution in [3.63, 3.8) is 0 Å². The topological polar surface area (TPSA) is 85.6 Å². The van der Waals surface area contributed by atoms with Gasteiger partial charge >= 0.3 is 11.9 Å². The second-order valence-electron chi connectivity index (χ2n) is 10.8. The number of hydrogen-bond acceptors (Lipinski definition) is 6. The van der Waals surface area contributed by atoms with Crippen molar-refractivity contribution in [3.05, 3.63) is 78.4 Å². The molecule has 3 aromatic rings. The van der Waals surface area contributed by atoms with Crippen molar-refractivity contribution in [2.45, 2.75) is 85.0 Å². The predicted octanol–water partition coefficient (Wildman–Crippen LogP) is 9.33. The number of nitrogens with zero attached hydrogens (tertiary/aromatic N) is 1. The van der Waals surface area contributed by atoms with E-state index >= 15 is 0 Å². The zero-order valence-electron chi connectivity index (χ0n) is 25.2. The van der Waals surface area contributed by atoms with E-state index in [0.717, 1.165) is 29.9 Å². The molecule has 222 valence electrons. The number of rotatable bonds is 17. The molecule has 0 aromatic heterocycles. The molecule has 0 aliphatic heterocycles. The van der Waals surface area contributed by atoms with Crippen LogP contribution in [0.25, 0.3) is 11.1 Å². The third kappa shape index (κ3) is 10.1. The zero-order chi connectivity index (χ0) is 30.2. The molecule has 0 radical (unpaired) electrons. The van der Waals surface area contributed by atoms with Crippen molar-refractivity contribution >= 4 is 11.9 Å². The number of nitriles is 1. The minimum Gasteiger partial charge on any atom is -0.494 e. The van der Waals surface area contributed by atoms with Gasteiger partial charge < -0.3 is 14.2 Å². The second-order valence-corrected chi connectivity index (χ2v) is 10.8. The van der Waals surface area contributed by atoms with Crippen LogP contribution in [0.4, 0.5) is 0 Å². The number of esters is 2. The Morgan fingerprint density at radius 1 is 0.667 bits per heavy atom. The van der Waals surface area contributed by atoms with Gasteiger partial charge in [-0.2, -0.15) is 5.26 Å². The van der Waals surface area contributed by atoms with Crippen molar-refractivity contribution in [1.29, 1.82) is 5.26 Å². The molecule has 0 aliphatic rings. The third-order valence-corrected chi connectivity index (χ3v) is 7.47. The van der Waals surface area contributed by atoms with Gasteiger partial charge in [0, 0.05) is 0 Å². The van der Waals surface area contributed by atoms with E-state index in [-0.39, 0.29) is 5.75 Å². The lowest BCUT2D eigenvalue weighted by Crippen LogP contribution is -2.29. The maximum atomic E-state index is 12.7. The average molecular weight is 570 g/mol. The highest BCUT2D eigenvalue weighted by Gasteiger charge is 2.33. The van der Waals surface area contributed by atoms with Crippen LogP contribution in [0.15, 0.2) is 72.8 Å². The molecule has 1 atom stereocenters. The highest BCUT2D eigenvalue weighted by molar-refractivity contribution is 5.91. The normalized spacial score (nSPS) is 12.1. The average Bonchev–Trinajstić information content (AvgIpc) is 3.02. The van der Waals surface area contributed by atoms with Gasteiger partial charge in [0.15, 0.2) is 5.41 Å². The largest absolute Gasteiger partial charge is 0.494 e. The first kappa shape index (κ1) is 32.4. The van der Waals surface area contributed by atoms with Crippen LogP contribution in [-0.2, 0) is 4.79 Å². The molecule has 0 fully saturated rings. The maximum Gasteiger partial charge on any atom is 0.343 e. The molecule has 0 heterocycles. The van der Waals surface area contributed by atoms with Crippen LogP contribution in [0.3, 0.4) is 0 Å². The van der Waals surface area contributed by atoms with Gasteiger partial charge in [0.1, 0.15) is 17.2 Å². The zero-order valence-corrected chi connectivity index (χ0v) is 25.2. The highest BCUT2D eigenvalue weighted by atomic mass is 16.5. The maximum absolute atomic E-state index is 12.7. The standard InChI is InChI=1S/C36H43NO5/c1-4-6-7-8-9-10-11-12-13-26-40-31-20-18-29(19-21-31)28-14-16-30(17-15-28)34(38)41-32-22-24-33(25-23-32)42-35(39)36(3,5-2)27-37/h14-25H,4-13,26H2,1-3H3. The van der Waals surface area contributed by atoms with Crippen LogP contribution in [0.5, 0.6) is 17.2 Å². The quantitative estimate of drug-likeness (QED) is 0.0914. The number of carbonyl (C=O) groups excluding carboxylic acids is 2. The van der Waals surface area contributed by atoms with Crippen LogP contribution in [0, 0.1) is 16.7 Å². The molecule has 42 heavy (non-hydrogen) atoms. The lowest BCUT2D eigenvalue weighted by molar-refractivity contribution is -0.142. The van der Waals surface area contributed by atoms with E-state index in [2.05, 4.69) is 6.92 Å². The molecule has 0 spiro atoms. The van der Waals surface area contributed by atoms with E-state index < -0.39 is 17.4 Å². The monoisotopic (exact) mass is 569 g/mol. The summed E-state index contributed by atoms with van der Waals surface area (Å²) in [5, 5.41) is 9.24. The van der Waals surface area contributed by atoms with Gasteiger partial charge in [-0.25, -0.2) is 9.59 Å². The second kappa shape index (κ2) is 17.0. The Bertz CT molecular complexity index is 1290. The van der Waals surface area contributed by atoms with Crippen LogP contribution in [0.1, 0.15) is 95.3 Å². The molecular weight excluding hydrogens is 526 g/mol. The van der Waals surface area contributed by atoms with Crippen molar-refractivity contribution in [2.75, 3.05) is 6.61 Å². The first-order valence-corrected chi connectivity index (χ1v) is 15.2. The summed E-state index contributed by atoms with van der Waals surface area (Å²) >= 11 is 0. The van der Waals surface area contributed by atoms with Crippen molar-refractivity contribution in [2.24, 2.45) is 5.41 Å². The van der Waals surface area contributed by atoms with E-state index in [1.54, 1.807) is 38.1 Å². The third-order valence-electron chi connectivity index (χ3n) is 7.47. The number of unbranched alkanes of at least 4 members (excludes halogenated alkanes) is 8. The fraction of sp³-hybridized carbons (Fsp3) is 0.417. The molecular formula is C36H43NO5. The summed E-state index contributed by atoms with van der Waals surface area (Å²) in [5.41, 5.74) is 1.23. The van der Waals surface area contributed by atoms with Crippen LogP contribution >= 0.6 is 0 Å². The summed E-state index contributed by atoms with van der Waals surface area (Å²) < 4.78 is 16.7. The first-order valence-electron chi connectivity index (χ1n) is 15.2. The Morgan fingerprint density at radius 3 is 1.67 bits per heavy atom. The fourth-order valence-corrected chi connectivity index (χ4v) is 4.38. The lowest BCUT2D eigenvalue weighted by Gasteiger charge is -2.17. The Labute approximate surface area is 250 Å². The number of hydrogen-bond donors (Lipinski definition) is 0. The van der Waals surface area contributed by atoms with Crippen molar-refractivity contribution < 1.29 is 23.8 Å². The van der Waals surface area contributed by atoms with Gasteiger partial charge in [-0.05, 0) is 79.4 Å². The molecule has 3 rings (SSSR count). The summed E-state index contributed by atoms with van der Waals surface area (Å²) in [5.74, 6) is 0.353. The van der Waals surface area contributed by atoms with Gasteiger partial charge in [-0.1, -0.05) is 89.5 Å². The summed E-state index contributed by atoms with van der Waals surface area (Å²) in [6, 6.07) is 23.4. The van der Waals surface area contributed by atoms with Crippen molar-refractivity contribution in [3.8, 4) is 34.4 Å². The van der Waals surface area contributed by atoms with Gasteiger partial charge in [0.2, 0.25) is 0 Å². The molecule has 0 saturated carbocycles. The lowest BCUT2D eigenvalue weighted by atomic mass is 9.90. The number of benzene rings is 3. The minimum atomic E-state index is -1.21. The van der Waals surface area contributed by atoms with E-state index in [0.29, 0.717) is 17.7 Å². The van der Waals surface area contributed by atoms with Gasteiger partial charge in [-0.15, -0.1) is 0 Å². The molecule has 0 N–H and O–H groups in total. The Hall–Kier alpha value is -4.11. The molecule has 0 bridgehead atoms. The Balaban J connectivity index is 1.42. The fourth-order valence-electron chi connectivity index (χ4n) is 4.38. The first-order chi connectivity index (χ1) is 20.4. The van der Waals surface area contributed by atoms with E-state index in [1.165, 1.54) is 63.5 Å². The van der Waals surface area contributed by atoms with Gasteiger partial charge in [0.05, 0.1) is 18.2 Å². The molecule has 6 heteroatoms. The predicted molar refractivity (Wildman–Crippen MR) is 166 cm³/mol. The van der Waals surface area contributed by atoms with Gasteiger partial charge in [0.25, 0.3) is 0 Å². The smallest absolute Gasteiger partial charge is 0.343 e. The molecule has 6 nitrogen and oxygen atoms in total. The summed E-state index contributed by atoms with van der Waals surface area (Å²) in [6.07, 6.45) is 12.0. The summed E-state index contributed by atoms with van der Waals surface area (Å²) in [6.45, 7) is 6.28. The van der Waals surface area contributed by atoms with E-state index in [9.17, 15) is 14.9 Å². The minimum absolute atomic E-state index is 0.277. The SMILES string of the molecule is CCCCCCCCCCCOc1ccc(-c2ccc(C(=O)Oc3ccc(OC(=O)C(C)(C#N)CC)cc3)cc2)cc1. The summed E-state index contributed by atoms with van der Waals surface area (Å²) in [7, 11) is 0. The molecule has 3 aromatic carbocycles. The molecule has 0 saturated heterocycles. The number of carbonyl (C=O) groups is 2. The molecule has 0 aliphatic carbocycles. The molecule has 1 unspecified atom stereocenters. The Morgan fingerprint density at radius 2 is 1.14 bits per heavy atom. The Kier molecular flexibility index (Phi) is 13.1. The van der Waals surface area contributed by atoms with E-state index in [1.807, 2.05) is 42.5 Å². The van der Waals surface area contributed by atoms with E-state index in [4.69, 9.17) is 14.2 Å². The van der Waals surface area contributed by atoms with Crippen LogP contribution < -0.4 is 14.2 Å². The number of ether oxygens (including phenoxy) is 3. The van der Waals surface area contributed by atoms with Crippen LogP contribution in [-0.4, -0.2) is 18.5 Å². The highest BCUT2D eigenvalue weighted by Crippen LogP contribution is 2.26. The van der Waals surface area contributed by atoms with Crippen molar-refractivity contribution in [1.82, 2.24) is 0 Å².